The van der Waals surface area contributed by atoms with Gasteiger partial charge in [0.15, 0.2) is 0 Å². The number of likely N-dealkylation sites (tertiary alicyclic amines) is 1. The van der Waals surface area contributed by atoms with E-state index in [1.807, 2.05) is 0 Å². The molecule has 1 unspecified atom stereocenters. The topological polar surface area (TPSA) is 103 Å². The van der Waals surface area contributed by atoms with Crippen LogP contribution in [0, 0.1) is 5.92 Å². The Bertz CT molecular complexity index is 526. The number of carbonyl (C=O) groups is 2. The molecule has 23 heavy (non-hydrogen) atoms. The van der Waals surface area contributed by atoms with Crippen LogP contribution >= 0.6 is 0 Å². The number of amides is 3. The molecule has 2 fully saturated rings. The van der Waals surface area contributed by atoms with Crippen molar-refractivity contribution >= 4 is 11.9 Å². The molecule has 8 heteroatoms. The molecular formula is C15H24N6O2. The number of hydrogen-bond acceptors (Lipinski definition) is 4. The zero-order valence-corrected chi connectivity index (χ0v) is 13.3. The van der Waals surface area contributed by atoms with Crippen molar-refractivity contribution in [2.45, 2.75) is 51.1 Å². The second kappa shape index (κ2) is 7.43. The Morgan fingerprint density at radius 1 is 1.26 bits per heavy atom. The van der Waals surface area contributed by atoms with E-state index in [0.717, 1.165) is 32.2 Å². The molecule has 0 aromatic carbocycles. The van der Waals surface area contributed by atoms with Crippen LogP contribution in [0.25, 0.3) is 0 Å². The number of piperidine rings is 1. The molecule has 0 radical (unpaired) electrons. The van der Waals surface area contributed by atoms with E-state index >= 15 is 0 Å². The summed E-state index contributed by atoms with van der Waals surface area (Å²) in [6.45, 7) is 1.58. The molecule has 1 saturated carbocycles. The average molecular weight is 320 g/mol. The quantitative estimate of drug-likeness (QED) is 0.763. The Morgan fingerprint density at radius 3 is 2.83 bits per heavy atom. The van der Waals surface area contributed by atoms with Crippen LogP contribution in [0.4, 0.5) is 4.79 Å². The zero-order valence-electron chi connectivity index (χ0n) is 13.3. The predicted octanol–water partition coefficient (Wildman–Crippen LogP) is 0.785. The van der Waals surface area contributed by atoms with Crippen LogP contribution in [0.15, 0.2) is 6.20 Å². The summed E-state index contributed by atoms with van der Waals surface area (Å²) < 4.78 is 0. The lowest BCUT2D eigenvalue weighted by Gasteiger charge is -2.32. The van der Waals surface area contributed by atoms with Gasteiger partial charge in [-0.2, -0.15) is 15.4 Å². The van der Waals surface area contributed by atoms with E-state index in [0.29, 0.717) is 24.8 Å². The molecule has 0 bridgehead atoms. The monoisotopic (exact) mass is 320 g/mol. The van der Waals surface area contributed by atoms with Gasteiger partial charge in [-0.1, -0.05) is 12.8 Å². The van der Waals surface area contributed by atoms with Crippen LogP contribution in [-0.4, -0.2) is 51.4 Å². The van der Waals surface area contributed by atoms with Crippen molar-refractivity contribution in [3.8, 4) is 0 Å². The Hall–Kier alpha value is -2.12. The van der Waals surface area contributed by atoms with Crippen molar-refractivity contribution in [3.63, 3.8) is 0 Å². The van der Waals surface area contributed by atoms with Gasteiger partial charge in [0.2, 0.25) is 5.91 Å². The highest BCUT2D eigenvalue weighted by Crippen LogP contribution is 2.20. The van der Waals surface area contributed by atoms with Crippen molar-refractivity contribution in [1.82, 2.24) is 30.9 Å². The minimum atomic E-state index is -0.148. The molecule has 1 aliphatic heterocycles. The van der Waals surface area contributed by atoms with Crippen LogP contribution in [0.3, 0.4) is 0 Å². The van der Waals surface area contributed by atoms with E-state index in [4.69, 9.17) is 0 Å². The molecule has 3 rings (SSSR count). The number of rotatable bonds is 4. The Morgan fingerprint density at radius 2 is 2.09 bits per heavy atom. The molecule has 3 N–H and O–H groups in total. The van der Waals surface area contributed by atoms with E-state index < -0.39 is 0 Å². The number of aromatic amines is 1. The second-order valence-electron chi connectivity index (χ2n) is 6.40. The van der Waals surface area contributed by atoms with E-state index in [1.54, 1.807) is 11.1 Å². The zero-order chi connectivity index (χ0) is 16.1. The first kappa shape index (κ1) is 15.8. The van der Waals surface area contributed by atoms with Gasteiger partial charge in [0.1, 0.15) is 5.69 Å². The molecule has 2 aliphatic rings. The van der Waals surface area contributed by atoms with Gasteiger partial charge in [-0.05, 0) is 25.7 Å². The number of carbonyl (C=O) groups excluding carboxylic acids is 2. The van der Waals surface area contributed by atoms with Crippen LogP contribution in [0.1, 0.15) is 44.2 Å². The van der Waals surface area contributed by atoms with E-state index in [9.17, 15) is 9.59 Å². The third kappa shape index (κ3) is 4.20. The first-order chi connectivity index (χ1) is 11.2. The minimum Gasteiger partial charge on any atom is -0.350 e. The summed E-state index contributed by atoms with van der Waals surface area (Å²) in [5.41, 5.74) is 0.699. The Kier molecular flexibility index (Phi) is 5.09. The van der Waals surface area contributed by atoms with Crippen molar-refractivity contribution in [1.29, 1.82) is 0 Å². The third-order valence-corrected chi connectivity index (χ3v) is 4.67. The Balaban J connectivity index is 1.46. The summed E-state index contributed by atoms with van der Waals surface area (Å²) in [5, 5.41) is 16.1. The lowest BCUT2D eigenvalue weighted by molar-refractivity contribution is -0.126. The first-order valence-electron chi connectivity index (χ1n) is 8.40. The number of hydrogen-bond donors (Lipinski definition) is 3. The smallest absolute Gasteiger partial charge is 0.317 e. The van der Waals surface area contributed by atoms with Crippen molar-refractivity contribution < 1.29 is 9.59 Å². The number of nitrogens with zero attached hydrogens (tertiary/aromatic N) is 3. The molecule has 3 amide bonds. The molecule has 126 valence electrons. The van der Waals surface area contributed by atoms with Gasteiger partial charge >= 0.3 is 6.03 Å². The van der Waals surface area contributed by atoms with Gasteiger partial charge in [-0.25, -0.2) is 4.79 Å². The molecule has 2 heterocycles. The first-order valence-corrected chi connectivity index (χ1v) is 8.40. The van der Waals surface area contributed by atoms with Crippen LogP contribution in [0.5, 0.6) is 0 Å². The maximum Gasteiger partial charge on any atom is 0.317 e. The van der Waals surface area contributed by atoms with E-state index in [2.05, 4.69) is 26.0 Å². The largest absolute Gasteiger partial charge is 0.350 e. The van der Waals surface area contributed by atoms with Crippen molar-refractivity contribution in [3.05, 3.63) is 11.9 Å². The number of urea groups is 1. The summed E-state index contributed by atoms with van der Waals surface area (Å²) in [4.78, 5) is 26.4. The molecule has 1 saturated heterocycles. The highest BCUT2D eigenvalue weighted by Gasteiger charge is 2.29. The minimum absolute atomic E-state index is 0.0219. The van der Waals surface area contributed by atoms with E-state index in [-0.39, 0.29) is 17.9 Å². The maximum atomic E-state index is 12.3. The van der Waals surface area contributed by atoms with Crippen molar-refractivity contribution in [2.75, 3.05) is 13.1 Å². The van der Waals surface area contributed by atoms with Crippen LogP contribution in [-0.2, 0) is 11.3 Å². The molecule has 1 aliphatic carbocycles. The highest BCUT2D eigenvalue weighted by molar-refractivity contribution is 5.80. The summed E-state index contributed by atoms with van der Waals surface area (Å²) in [7, 11) is 0. The van der Waals surface area contributed by atoms with Gasteiger partial charge in [0, 0.05) is 19.1 Å². The summed E-state index contributed by atoms with van der Waals surface area (Å²) in [6.07, 6.45) is 7.79. The maximum absolute atomic E-state index is 12.3. The fourth-order valence-corrected chi connectivity index (χ4v) is 3.34. The molecular weight excluding hydrogens is 296 g/mol. The molecule has 1 aromatic rings. The Labute approximate surface area is 135 Å². The third-order valence-electron chi connectivity index (χ3n) is 4.67. The van der Waals surface area contributed by atoms with Gasteiger partial charge < -0.3 is 15.5 Å². The molecule has 8 nitrogen and oxygen atoms in total. The van der Waals surface area contributed by atoms with Gasteiger partial charge in [-0.3, -0.25) is 4.79 Å². The number of aromatic nitrogens is 3. The summed E-state index contributed by atoms with van der Waals surface area (Å²) >= 11 is 0. The highest BCUT2D eigenvalue weighted by atomic mass is 16.2. The molecule has 0 spiro atoms. The number of nitrogens with one attached hydrogen (secondary N) is 3. The predicted molar refractivity (Wildman–Crippen MR) is 83.3 cm³/mol. The van der Waals surface area contributed by atoms with Gasteiger partial charge in [-0.15, -0.1) is 0 Å². The second-order valence-corrected chi connectivity index (χ2v) is 6.40. The average Bonchev–Trinajstić information content (AvgIpc) is 3.26. The van der Waals surface area contributed by atoms with E-state index in [1.165, 1.54) is 12.8 Å². The van der Waals surface area contributed by atoms with Gasteiger partial charge in [0.25, 0.3) is 0 Å². The lowest BCUT2D eigenvalue weighted by Crippen LogP contribution is -2.50. The van der Waals surface area contributed by atoms with Crippen molar-refractivity contribution in [2.24, 2.45) is 5.92 Å². The normalized spacial score (nSPS) is 22.1. The standard InChI is InChI=1S/C15H24N6O2/c22-14(16-8-13-9-17-20-19-13)11-4-3-7-21(10-11)15(23)18-12-5-1-2-6-12/h9,11-12H,1-8,10H2,(H,16,22)(H,18,23)(H,17,19,20). The number of H-pyrrole nitrogens is 1. The molecule has 1 atom stereocenters. The molecule has 1 aromatic heterocycles. The summed E-state index contributed by atoms with van der Waals surface area (Å²) in [6, 6.07) is 0.287. The fourth-order valence-electron chi connectivity index (χ4n) is 3.34. The summed E-state index contributed by atoms with van der Waals surface area (Å²) in [5.74, 6) is -0.170. The lowest BCUT2D eigenvalue weighted by atomic mass is 9.97. The SMILES string of the molecule is O=C(NCc1cn[nH]n1)C1CCCN(C(=O)NC2CCCC2)C1. The van der Waals surface area contributed by atoms with Crippen LogP contribution in [0.2, 0.25) is 0 Å². The van der Waals surface area contributed by atoms with Crippen LogP contribution < -0.4 is 10.6 Å². The van der Waals surface area contributed by atoms with Gasteiger partial charge in [0.05, 0.1) is 18.7 Å². The fraction of sp³-hybridized carbons (Fsp3) is 0.733.